The summed E-state index contributed by atoms with van der Waals surface area (Å²) in [6, 6.07) is 0.00853. The summed E-state index contributed by atoms with van der Waals surface area (Å²) in [5, 5.41) is 0. The maximum Gasteiger partial charge on any atom is 0.126 e. The van der Waals surface area contributed by atoms with Crippen LogP contribution in [-0.4, -0.2) is 29.0 Å². The van der Waals surface area contributed by atoms with Crippen molar-refractivity contribution in [3.05, 3.63) is 17.7 Å². The monoisotopic (exact) mass is 196 g/mol. The Balaban J connectivity index is 2.97. The summed E-state index contributed by atoms with van der Waals surface area (Å²) < 4.78 is 0. The van der Waals surface area contributed by atoms with Gasteiger partial charge in [0.25, 0.3) is 0 Å². The molecule has 0 aromatic carbocycles. The van der Waals surface area contributed by atoms with Crippen molar-refractivity contribution in [2.45, 2.75) is 32.4 Å². The zero-order valence-electron chi connectivity index (χ0n) is 9.63. The normalized spacial score (nSPS) is 14.8. The minimum Gasteiger partial charge on any atom is -0.343 e. The molecule has 1 heterocycles. The molecule has 0 fully saturated rings. The quantitative estimate of drug-likeness (QED) is 0.764. The van der Waals surface area contributed by atoms with Crippen molar-refractivity contribution in [3.63, 3.8) is 0 Å². The Hall–Kier alpha value is -0.870. The number of aromatic nitrogens is 2. The van der Waals surface area contributed by atoms with Gasteiger partial charge in [-0.05, 0) is 34.9 Å². The SMILES string of the molecule is CC(N)c1cnc(C(C)(C)N(C)C)[nH]1. The molecule has 0 bridgehead atoms. The zero-order valence-corrected chi connectivity index (χ0v) is 9.63. The van der Waals surface area contributed by atoms with Gasteiger partial charge in [0.05, 0.1) is 11.2 Å². The largest absolute Gasteiger partial charge is 0.343 e. The molecule has 0 saturated heterocycles. The fourth-order valence-corrected chi connectivity index (χ4v) is 1.09. The molecule has 4 heteroatoms. The van der Waals surface area contributed by atoms with E-state index in [1.54, 1.807) is 0 Å². The molecule has 1 aromatic rings. The molecule has 1 rings (SSSR count). The van der Waals surface area contributed by atoms with E-state index in [9.17, 15) is 0 Å². The second kappa shape index (κ2) is 3.71. The maximum atomic E-state index is 5.76. The lowest BCUT2D eigenvalue weighted by Gasteiger charge is -2.30. The minimum atomic E-state index is -0.0901. The van der Waals surface area contributed by atoms with Crippen LogP contribution in [0, 0.1) is 0 Å². The van der Waals surface area contributed by atoms with Crippen LogP contribution in [0.5, 0.6) is 0 Å². The minimum absolute atomic E-state index is 0.00853. The van der Waals surface area contributed by atoms with E-state index in [-0.39, 0.29) is 11.6 Å². The number of nitrogens with two attached hydrogens (primary N) is 1. The van der Waals surface area contributed by atoms with Crippen LogP contribution in [0.4, 0.5) is 0 Å². The number of nitrogens with zero attached hydrogens (tertiary/aromatic N) is 2. The fraction of sp³-hybridized carbons (Fsp3) is 0.700. The second-order valence-corrected chi connectivity index (χ2v) is 4.43. The molecular weight excluding hydrogens is 176 g/mol. The number of hydrogen-bond acceptors (Lipinski definition) is 3. The van der Waals surface area contributed by atoms with Crippen LogP contribution < -0.4 is 5.73 Å². The predicted octanol–water partition coefficient (Wildman–Crippen LogP) is 1.23. The molecule has 1 unspecified atom stereocenters. The Morgan fingerprint density at radius 1 is 1.50 bits per heavy atom. The van der Waals surface area contributed by atoms with Crippen LogP contribution in [0.15, 0.2) is 6.20 Å². The standard InChI is InChI=1S/C10H20N4/c1-7(11)8-6-12-9(13-8)10(2,3)14(4)5/h6-7H,11H2,1-5H3,(H,12,13). The Kier molecular flexibility index (Phi) is 2.97. The molecule has 0 saturated carbocycles. The number of H-pyrrole nitrogens is 1. The summed E-state index contributed by atoms with van der Waals surface area (Å²) >= 11 is 0. The predicted molar refractivity (Wildman–Crippen MR) is 57.9 cm³/mol. The molecule has 0 aliphatic rings. The van der Waals surface area contributed by atoms with Crippen molar-refractivity contribution in [2.75, 3.05) is 14.1 Å². The zero-order chi connectivity index (χ0) is 10.9. The van der Waals surface area contributed by atoms with Crippen LogP contribution >= 0.6 is 0 Å². The first-order valence-electron chi connectivity index (χ1n) is 4.84. The highest BCUT2D eigenvalue weighted by molar-refractivity contribution is 5.11. The van der Waals surface area contributed by atoms with Gasteiger partial charge in [-0.25, -0.2) is 4.98 Å². The van der Waals surface area contributed by atoms with E-state index in [0.29, 0.717) is 0 Å². The van der Waals surface area contributed by atoms with Gasteiger partial charge in [-0.1, -0.05) is 0 Å². The summed E-state index contributed by atoms with van der Waals surface area (Å²) in [6.07, 6.45) is 1.81. The molecule has 1 atom stereocenters. The van der Waals surface area contributed by atoms with Gasteiger partial charge < -0.3 is 10.7 Å². The highest BCUT2D eigenvalue weighted by Crippen LogP contribution is 2.23. The lowest BCUT2D eigenvalue weighted by Crippen LogP contribution is -2.36. The van der Waals surface area contributed by atoms with E-state index in [2.05, 4.69) is 28.7 Å². The summed E-state index contributed by atoms with van der Waals surface area (Å²) in [6.45, 7) is 6.19. The van der Waals surface area contributed by atoms with E-state index in [1.807, 2.05) is 27.2 Å². The van der Waals surface area contributed by atoms with Crippen LogP contribution in [0.3, 0.4) is 0 Å². The van der Waals surface area contributed by atoms with E-state index >= 15 is 0 Å². The summed E-state index contributed by atoms with van der Waals surface area (Å²) in [5.41, 5.74) is 6.65. The summed E-state index contributed by atoms with van der Waals surface area (Å²) in [5.74, 6) is 0.954. The van der Waals surface area contributed by atoms with Crippen molar-refractivity contribution in [3.8, 4) is 0 Å². The number of hydrogen-bond donors (Lipinski definition) is 2. The molecule has 0 radical (unpaired) electrons. The summed E-state index contributed by atoms with van der Waals surface area (Å²) in [7, 11) is 4.07. The van der Waals surface area contributed by atoms with Gasteiger partial charge in [-0.2, -0.15) is 0 Å². The molecule has 14 heavy (non-hydrogen) atoms. The first-order chi connectivity index (χ1) is 6.35. The third-order valence-corrected chi connectivity index (χ3v) is 2.78. The van der Waals surface area contributed by atoms with E-state index in [4.69, 9.17) is 5.73 Å². The van der Waals surface area contributed by atoms with Gasteiger partial charge in [0, 0.05) is 12.2 Å². The second-order valence-electron chi connectivity index (χ2n) is 4.43. The average molecular weight is 196 g/mol. The van der Waals surface area contributed by atoms with Crippen molar-refractivity contribution < 1.29 is 0 Å². The Morgan fingerprint density at radius 3 is 2.43 bits per heavy atom. The molecular formula is C10H20N4. The molecule has 1 aromatic heterocycles. The van der Waals surface area contributed by atoms with E-state index < -0.39 is 0 Å². The summed E-state index contributed by atoms with van der Waals surface area (Å²) in [4.78, 5) is 9.73. The number of imidazole rings is 1. The smallest absolute Gasteiger partial charge is 0.126 e. The van der Waals surface area contributed by atoms with Crippen LogP contribution in [0.2, 0.25) is 0 Å². The highest BCUT2D eigenvalue weighted by atomic mass is 15.2. The number of rotatable bonds is 3. The van der Waals surface area contributed by atoms with Gasteiger partial charge in [0.15, 0.2) is 0 Å². The van der Waals surface area contributed by atoms with Gasteiger partial charge in [0.2, 0.25) is 0 Å². The maximum absolute atomic E-state index is 5.76. The third-order valence-electron chi connectivity index (χ3n) is 2.78. The molecule has 0 amide bonds. The Labute approximate surface area is 85.5 Å². The first-order valence-corrected chi connectivity index (χ1v) is 4.84. The topological polar surface area (TPSA) is 57.9 Å². The van der Waals surface area contributed by atoms with Crippen LogP contribution in [0.1, 0.15) is 38.3 Å². The van der Waals surface area contributed by atoms with Crippen molar-refractivity contribution in [2.24, 2.45) is 5.73 Å². The first kappa shape index (κ1) is 11.2. The van der Waals surface area contributed by atoms with Crippen LogP contribution in [-0.2, 0) is 5.54 Å². The lowest BCUT2D eigenvalue weighted by atomic mass is 10.0. The molecule has 0 aliphatic carbocycles. The molecule has 4 nitrogen and oxygen atoms in total. The van der Waals surface area contributed by atoms with Crippen molar-refractivity contribution in [1.82, 2.24) is 14.9 Å². The van der Waals surface area contributed by atoms with Crippen molar-refractivity contribution in [1.29, 1.82) is 0 Å². The van der Waals surface area contributed by atoms with Crippen molar-refractivity contribution >= 4 is 0 Å². The van der Waals surface area contributed by atoms with Crippen LogP contribution in [0.25, 0.3) is 0 Å². The molecule has 80 valence electrons. The lowest BCUT2D eigenvalue weighted by molar-refractivity contribution is 0.186. The highest BCUT2D eigenvalue weighted by Gasteiger charge is 2.26. The molecule has 0 spiro atoms. The van der Waals surface area contributed by atoms with Gasteiger partial charge >= 0.3 is 0 Å². The van der Waals surface area contributed by atoms with E-state index in [0.717, 1.165) is 11.5 Å². The molecule has 0 aliphatic heterocycles. The molecule has 3 N–H and O–H groups in total. The Morgan fingerprint density at radius 2 is 2.07 bits per heavy atom. The van der Waals surface area contributed by atoms with E-state index in [1.165, 1.54) is 0 Å². The fourth-order valence-electron chi connectivity index (χ4n) is 1.09. The number of nitrogens with one attached hydrogen (secondary N) is 1. The average Bonchev–Trinajstić information content (AvgIpc) is 2.51. The van der Waals surface area contributed by atoms with Gasteiger partial charge in [-0.3, -0.25) is 4.90 Å². The third kappa shape index (κ3) is 1.96. The Bertz CT molecular complexity index is 299. The number of aromatic amines is 1. The van der Waals surface area contributed by atoms with Gasteiger partial charge in [-0.15, -0.1) is 0 Å². The van der Waals surface area contributed by atoms with Gasteiger partial charge in [0.1, 0.15) is 5.82 Å².